The quantitative estimate of drug-likeness (QED) is 0.912. The molecule has 0 aromatic carbocycles. The molecule has 0 aliphatic carbocycles. The lowest BCUT2D eigenvalue weighted by Gasteiger charge is -2.04. The van der Waals surface area contributed by atoms with Gasteiger partial charge in [-0.3, -0.25) is 0 Å². The van der Waals surface area contributed by atoms with E-state index in [0.29, 0.717) is 5.25 Å². The summed E-state index contributed by atoms with van der Waals surface area (Å²) in [6, 6.07) is 2.14. The highest BCUT2D eigenvalue weighted by Gasteiger charge is 2.23. The maximum absolute atomic E-state index is 5.47. The number of rotatable bonds is 3. The summed E-state index contributed by atoms with van der Waals surface area (Å²) in [5.41, 5.74) is 5.49. The highest BCUT2D eigenvalue weighted by atomic mass is 32.2. The van der Waals surface area contributed by atoms with Gasteiger partial charge < -0.3 is 9.72 Å². The maximum Gasteiger partial charge on any atom is 0.146 e. The van der Waals surface area contributed by atoms with Crippen molar-refractivity contribution in [1.29, 1.82) is 0 Å². The molecule has 3 heterocycles. The van der Waals surface area contributed by atoms with E-state index in [1.165, 1.54) is 5.56 Å². The van der Waals surface area contributed by atoms with Crippen LogP contribution in [-0.2, 0) is 4.74 Å². The van der Waals surface area contributed by atoms with Crippen LogP contribution in [0.1, 0.15) is 23.4 Å². The molecule has 2 aliphatic heterocycles. The van der Waals surface area contributed by atoms with Crippen LogP contribution in [0.4, 0.5) is 0 Å². The Hall–Kier alpha value is -1.68. The van der Waals surface area contributed by atoms with Crippen LogP contribution in [-0.4, -0.2) is 23.1 Å². The molecular formula is C16H18N2OS. The second-order valence-electron chi connectivity index (χ2n) is 5.06. The standard InChI is InChI=1S/C16H18N2OS/c1-10-7-11(2)17-12(10)8-13-15(19-3)9-14(18-13)16-5-4-6-20-16/h4,6-9,16-17H,5H2,1-3H3/b13-8-. The van der Waals surface area contributed by atoms with Gasteiger partial charge in [0, 0.05) is 17.5 Å². The van der Waals surface area contributed by atoms with Crippen LogP contribution in [0, 0.1) is 13.8 Å². The van der Waals surface area contributed by atoms with E-state index in [9.17, 15) is 0 Å². The van der Waals surface area contributed by atoms with Gasteiger partial charge in [0.25, 0.3) is 0 Å². The Morgan fingerprint density at radius 2 is 2.30 bits per heavy atom. The van der Waals surface area contributed by atoms with Crippen molar-refractivity contribution in [2.75, 3.05) is 7.11 Å². The van der Waals surface area contributed by atoms with Crippen LogP contribution >= 0.6 is 11.8 Å². The van der Waals surface area contributed by atoms with Crippen LogP contribution in [0.15, 0.2) is 40.1 Å². The van der Waals surface area contributed by atoms with Gasteiger partial charge in [-0.2, -0.15) is 0 Å². The Bertz CT molecular complexity index is 641. The van der Waals surface area contributed by atoms with Gasteiger partial charge >= 0.3 is 0 Å². The first-order chi connectivity index (χ1) is 9.67. The van der Waals surface area contributed by atoms with Crippen molar-refractivity contribution in [3.63, 3.8) is 0 Å². The first-order valence-corrected chi connectivity index (χ1v) is 7.64. The molecule has 1 aromatic rings. The molecule has 20 heavy (non-hydrogen) atoms. The number of nitrogens with zero attached hydrogens (tertiary/aromatic N) is 1. The molecule has 1 atom stereocenters. The minimum absolute atomic E-state index is 0.428. The third kappa shape index (κ3) is 2.48. The van der Waals surface area contributed by atoms with Crippen molar-refractivity contribution in [3.05, 3.63) is 52.0 Å². The third-order valence-electron chi connectivity index (χ3n) is 3.49. The summed E-state index contributed by atoms with van der Waals surface area (Å²) in [4.78, 5) is 8.10. The van der Waals surface area contributed by atoms with Crippen molar-refractivity contribution in [1.82, 2.24) is 4.98 Å². The number of H-pyrrole nitrogens is 1. The van der Waals surface area contributed by atoms with Gasteiger partial charge in [-0.15, -0.1) is 11.8 Å². The molecule has 0 saturated carbocycles. The van der Waals surface area contributed by atoms with E-state index in [0.717, 1.165) is 35.0 Å². The van der Waals surface area contributed by atoms with E-state index >= 15 is 0 Å². The van der Waals surface area contributed by atoms with E-state index in [1.54, 1.807) is 7.11 Å². The van der Waals surface area contributed by atoms with Crippen LogP contribution in [0.25, 0.3) is 6.08 Å². The van der Waals surface area contributed by atoms with Gasteiger partial charge in [0.1, 0.15) is 11.5 Å². The predicted octanol–water partition coefficient (Wildman–Crippen LogP) is 3.98. The second kappa shape index (κ2) is 5.37. The number of thioether (sulfide) groups is 1. The monoisotopic (exact) mass is 286 g/mol. The minimum Gasteiger partial charge on any atom is -0.494 e. The molecule has 0 fully saturated rings. The van der Waals surface area contributed by atoms with Gasteiger partial charge in [-0.05, 0) is 43.4 Å². The van der Waals surface area contributed by atoms with Crippen molar-refractivity contribution in [3.8, 4) is 0 Å². The number of aromatic nitrogens is 1. The summed E-state index contributed by atoms with van der Waals surface area (Å²) in [7, 11) is 1.70. The lowest BCUT2D eigenvalue weighted by Crippen LogP contribution is -2.09. The molecule has 0 amide bonds. The fraction of sp³-hybridized carbons (Fsp3) is 0.312. The molecular weight excluding hydrogens is 268 g/mol. The number of hydrogen-bond acceptors (Lipinski definition) is 3. The molecule has 1 unspecified atom stereocenters. The number of aromatic amines is 1. The smallest absolute Gasteiger partial charge is 0.146 e. The Labute approximate surface area is 123 Å². The SMILES string of the molecule is COC1=CC(C2CC=CS2)=N/C1=C\c1[nH]c(C)cc1C. The molecule has 2 aliphatic rings. The highest BCUT2D eigenvalue weighted by molar-refractivity contribution is 8.03. The first kappa shape index (κ1) is 13.3. The molecule has 0 spiro atoms. The Kier molecular flexibility index (Phi) is 3.57. The lowest BCUT2D eigenvalue weighted by atomic mass is 10.2. The van der Waals surface area contributed by atoms with Crippen LogP contribution in [0.2, 0.25) is 0 Å². The number of aryl methyl sites for hydroxylation is 2. The molecule has 4 heteroatoms. The van der Waals surface area contributed by atoms with E-state index in [4.69, 9.17) is 9.73 Å². The van der Waals surface area contributed by atoms with Gasteiger partial charge in [0.05, 0.1) is 18.1 Å². The van der Waals surface area contributed by atoms with Crippen molar-refractivity contribution in [2.45, 2.75) is 25.5 Å². The normalized spacial score (nSPS) is 23.4. The average Bonchev–Trinajstić information content (AvgIpc) is 3.11. The molecule has 3 nitrogen and oxygen atoms in total. The van der Waals surface area contributed by atoms with E-state index < -0.39 is 0 Å². The average molecular weight is 286 g/mol. The summed E-state index contributed by atoms with van der Waals surface area (Å²) < 4.78 is 5.47. The van der Waals surface area contributed by atoms with Crippen molar-refractivity contribution < 1.29 is 4.74 Å². The summed E-state index contributed by atoms with van der Waals surface area (Å²) >= 11 is 1.82. The number of methoxy groups -OCH3 is 1. The summed E-state index contributed by atoms with van der Waals surface area (Å²) in [6.07, 6.45) is 7.36. The van der Waals surface area contributed by atoms with Crippen molar-refractivity contribution in [2.24, 2.45) is 4.99 Å². The minimum atomic E-state index is 0.428. The van der Waals surface area contributed by atoms with Gasteiger partial charge in [0.2, 0.25) is 0 Å². The topological polar surface area (TPSA) is 37.4 Å². The second-order valence-corrected chi connectivity index (χ2v) is 6.17. The highest BCUT2D eigenvalue weighted by Crippen LogP contribution is 2.32. The van der Waals surface area contributed by atoms with Gasteiger partial charge in [-0.1, -0.05) is 6.08 Å². The van der Waals surface area contributed by atoms with E-state index in [1.807, 2.05) is 11.8 Å². The van der Waals surface area contributed by atoms with Crippen LogP contribution in [0.3, 0.4) is 0 Å². The zero-order valence-electron chi connectivity index (χ0n) is 11.9. The van der Waals surface area contributed by atoms with E-state index in [-0.39, 0.29) is 0 Å². The molecule has 1 aromatic heterocycles. The zero-order valence-corrected chi connectivity index (χ0v) is 12.8. The Morgan fingerprint density at radius 1 is 1.45 bits per heavy atom. The van der Waals surface area contributed by atoms with Crippen LogP contribution < -0.4 is 0 Å². The number of ether oxygens (including phenoxy) is 1. The fourth-order valence-corrected chi connectivity index (χ4v) is 3.37. The van der Waals surface area contributed by atoms with Gasteiger partial charge in [-0.25, -0.2) is 4.99 Å². The Balaban J connectivity index is 1.92. The molecule has 0 saturated heterocycles. The van der Waals surface area contributed by atoms with Gasteiger partial charge in [0.15, 0.2) is 0 Å². The molecule has 0 bridgehead atoms. The summed E-state index contributed by atoms with van der Waals surface area (Å²) in [6.45, 7) is 4.16. The third-order valence-corrected chi connectivity index (χ3v) is 4.60. The predicted molar refractivity (Wildman–Crippen MR) is 85.9 cm³/mol. The molecule has 1 N–H and O–H groups in total. The first-order valence-electron chi connectivity index (χ1n) is 6.70. The number of aliphatic imine (C=N–C) groups is 1. The summed E-state index contributed by atoms with van der Waals surface area (Å²) in [5.74, 6) is 0.846. The number of allylic oxidation sites excluding steroid dienone is 2. The Morgan fingerprint density at radius 3 is 2.90 bits per heavy atom. The number of hydrogen-bond donors (Lipinski definition) is 1. The lowest BCUT2D eigenvalue weighted by molar-refractivity contribution is 0.303. The fourth-order valence-electron chi connectivity index (χ4n) is 2.48. The molecule has 3 rings (SSSR count). The largest absolute Gasteiger partial charge is 0.494 e. The molecule has 104 valence electrons. The number of nitrogens with one attached hydrogen (secondary N) is 1. The zero-order chi connectivity index (χ0) is 14.1. The summed E-state index contributed by atoms with van der Waals surface area (Å²) in [5, 5.41) is 2.57. The molecule has 0 radical (unpaired) electrons. The van der Waals surface area contributed by atoms with Crippen molar-refractivity contribution >= 4 is 23.5 Å². The van der Waals surface area contributed by atoms with E-state index in [2.05, 4.69) is 48.5 Å². The van der Waals surface area contributed by atoms with Crippen LogP contribution in [0.5, 0.6) is 0 Å². The maximum atomic E-state index is 5.47.